The van der Waals surface area contributed by atoms with Gasteiger partial charge in [-0.25, -0.2) is 0 Å². The number of hydrogen-bond donors (Lipinski definition) is 1. The summed E-state index contributed by atoms with van der Waals surface area (Å²) >= 11 is 0. The van der Waals surface area contributed by atoms with Crippen molar-refractivity contribution in [3.63, 3.8) is 0 Å². The molecule has 0 saturated heterocycles. The van der Waals surface area contributed by atoms with Gasteiger partial charge < -0.3 is 14.7 Å². The number of benzene rings is 2. The molecule has 2 aromatic rings. The number of anilines is 1. The van der Waals surface area contributed by atoms with Gasteiger partial charge in [-0.15, -0.1) is 0 Å². The van der Waals surface area contributed by atoms with Crippen LogP contribution in [0.25, 0.3) is 0 Å². The van der Waals surface area contributed by atoms with E-state index in [1.54, 1.807) is 43.3 Å². The van der Waals surface area contributed by atoms with Crippen molar-refractivity contribution in [3.8, 4) is 5.75 Å². The molecule has 0 bridgehead atoms. The lowest BCUT2D eigenvalue weighted by Crippen LogP contribution is -2.56. The van der Waals surface area contributed by atoms with Gasteiger partial charge in [-0.1, -0.05) is 0 Å². The Labute approximate surface area is 165 Å². The molecule has 0 aliphatic carbocycles. The molecule has 2 aromatic carbocycles. The van der Waals surface area contributed by atoms with Crippen molar-refractivity contribution in [1.82, 2.24) is 5.01 Å². The Bertz CT molecular complexity index is 925. The fourth-order valence-electron chi connectivity index (χ4n) is 2.95. The van der Waals surface area contributed by atoms with Crippen LogP contribution in [0.2, 0.25) is 0 Å². The van der Waals surface area contributed by atoms with Crippen LogP contribution in [0, 0.1) is 0 Å². The van der Waals surface area contributed by atoms with E-state index in [-0.39, 0.29) is 16.3 Å². The van der Waals surface area contributed by atoms with Crippen LogP contribution in [-0.4, -0.2) is 54.8 Å². The molecule has 0 fully saturated rings. The van der Waals surface area contributed by atoms with Crippen molar-refractivity contribution in [2.24, 2.45) is 5.10 Å². The van der Waals surface area contributed by atoms with E-state index in [1.807, 2.05) is 0 Å². The molecule has 0 spiro atoms. The first-order valence-corrected chi connectivity index (χ1v) is 8.70. The van der Waals surface area contributed by atoms with E-state index in [4.69, 9.17) is 4.74 Å². The standard InChI is InChI=1S/C20H20F3N3O3/c1-25(2)15-8-4-14(5-9-15)18(27)26-19(28,20(21,22)23)12-17(24-26)13-6-10-16(29-3)11-7-13/h4-11,28H,12H2,1-3H3. The Morgan fingerprint density at radius 2 is 1.72 bits per heavy atom. The van der Waals surface area contributed by atoms with E-state index < -0.39 is 24.2 Å². The SMILES string of the molecule is COc1ccc(C2=NN(C(=O)c3ccc(N(C)C)cc3)C(O)(C(F)(F)F)C2)cc1. The number of methoxy groups -OCH3 is 1. The highest BCUT2D eigenvalue weighted by molar-refractivity contribution is 6.05. The van der Waals surface area contributed by atoms with Crippen molar-refractivity contribution >= 4 is 17.3 Å². The summed E-state index contributed by atoms with van der Waals surface area (Å²) in [7, 11) is 5.06. The number of carbonyl (C=O) groups excluding carboxylic acids is 1. The first-order valence-electron chi connectivity index (χ1n) is 8.70. The number of amides is 1. The third kappa shape index (κ3) is 3.77. The molecule has 1 amide bonds. The quantitative estimate of drug-likeness (QED) is 0.845. The molecule has 1 unspecified atom stereocenters. The van der Waals surface area contributed by atoms with Gasteiger partial charge in [0.15, 0.2) is 0 Å². The maximum absolute atomic E-state index is 13.7. The summed E-state index contributed by atoms with van der Waals surface area (Å²) in [6, 6.07) is 12.2. The van der Waals surface area contributed by atoms with Gasteiger partial charge in [-0.05, 0) is 54.1 Å². The molecule has 1 atom stereocenters. The lowest BCUT2D eigenvalue weighted by Gasteiger charge is -2.32. The number of ether oxygens (including phenoxy) is 1. The van der Waals surface area contributed by atoms with Gasteiger partial charge in [-0.3, -0.25) is 4.79 Å². The van der Waals surface area contributed by atoms with Crippen LogP contribution in [0.15, 0.2) is 53.6 Å². The first kappa shape index (κ1) is 20.7. The Balaban J connectivity index is 1.99. The molecule has 1 heterocycles. The Morgan fingerprint density at radius 1 is 1.14 bits per heavy atom. The molecule has 0 radical (unpaired) electrons. The molecule has 1 aliphatic rings. The summed E-state index contributed by atoms with van der Waals surface area (Å²) in [4.78, 5) is 14.6. The molecule has 29 heavy (non-hydrogen) atoms. The maximum Gasteiger partial charge on any atom is 0.438 e. The van der Waals surface area contributed by atoms with Gasteiger partial charge in [0.2, 0.25) is 0 Å². The molecular weight excluding hydrogens is 387 g/mol. The second-order valence-corrected chi connectivity index (χ2v) is 6.82. The molecule has 154 valence electrons. The summed E-state index contributed by atoms with van der Waals surface area (Å²) in [5.74, 6) is -0.522. The minimum atomic E-state index is -5.09. The van der Waals surface area contributed by atoms with Gasteiger partial charge in [0.05, 0.1) is 19.2 Å². The van der Waals surface area contributed by atoms with Crippen molar-refractivity contribution in [1.29, 1.82) is 0 Å². The molecule has 9 heteroatoms. The van der Waals surface area contributed by atoms with Crippen molar-refractivity contribution in [2.45, 2.75) is 18.3 Å². The van der Waals surface area contributed by atoms with Gasteiger partial charge >= 0.3 is 6.18 Å². The van der Waals surface area contributed by atoms with E-state index in [9.17, 15) is 23.1 Å². The van der Waals surface area contributed by atoms with E-state index in [1.165, 1.54) is 31.4 Å². The van der Waals surface area contributed by atoms with Crippen molar-refractivity contribution < 1.29 is 27.8 Å². The lowest BCUT2D eigenvalue weighted by atomic mass is 10.0. The predicted molar refractivity (Wildman–Crippen MR) is 102 cm³/mol. The van der Waals surface area contributed by atoms with Crippen molar-refractivity contribution in [2.75, 3.05) is 26.1 Å². The van der Waals surface area contributed by atoms with E-state index >= 15 is 0 Å². The first-order chi connectivity index (χ1) is 13.6. The zero-order valence-corrected chi connectivity index (χ0v) is 16.1. The zero-order chi connectivity index (χ0) is 21.4. The summed E-state index contributed by atoms with van der Waals surface area (Å²) in [5.41, 5.74) is -2.37. The van der Waals surface area contributed by atoms with Gasteiger partial charge in [0.25, 0.3) is 11.6 Å². The van der Waals surface area contributed by atoms with E-state index in [0.29, 0.717) is 11.3 Å². The molecule has 3 rings (SSSR count). The topological polar surface area (TPSA) is 65.4 Å². The van der Waals surface area contributed by atoms with E-state index in [0.717, 1.165) is 5.69 Å². The highest BCUT2D eigenvalue weighted by atomic mass is 19.4. The van der Waals surface area contributed by atoms with Crippen LogP contribution < -0.4 is 9.64 Å². The number of aliphatic hydroxyl groups is 1. The number of carbonyl (C=O) groups is 1. The normalized spacial score (nSPS) is 19.1. The highest BCUT2D eigenvalue weighted by Crippen LogP contribution is 2.42. The second-order valence-electron chi connectivity index (χ2n) is 6.82. The summed E-state index contributed by atoms with van der Waals surface area (Å²) in [6.45, 7) is 0. The number of alkyl halides is 3. The maximum atomic E-state index is 13.7. The largest absolute Gasteiger partial charge is 0.497 e. The smallest absolute Gasteiger partial charge is 0.438 e. The number of hydrazone groups is 1. The van der Waals surface area contributed by atoms with E-state index in [2.05, 4.69) is 5.10 Å². The van der Waals surface area contributed by atoms with Crippen LogP contribution in [0.1, 0.15) is 22.3 Å². The van der Waals surface area contributed by atoms with Gasteiger partial charge in [0.1, 0.15) is 5.75 Å². The van der Waals surface area contributed by atoms with Crippen LogP contribution in [0.4, 0.5) is 18.9 Å². The molecule has 1 N–H and O–H groups in total. The fourth-order valence-corrected chi connectivity index (χ4v) is 2.95. The van der Waals surface area contributed by atoms with Crippen LogP contribution >= 0.6 is 0 Å². The summed E-state index contributed by atoms with van der Waals surface area (Å²) < 4.78 is 46.1. The number of hydrogen-bond acceptors (Lipinski definition) is 5. The third-order valence-corrected chi connectivity index (χ3v) is 4.69. The minimum absolute atomic E-state index is 0.0157. The number of rotatable bonds is 4. The average Bonchev–Trinajstić information content (AvgIpc) is 3.06. The molecule has 1 aliphatic heterocycles. The summed E-state index contributed by atoms with van der Waals surface area (Å²) in [5, 5.41) is 14.4. The Kier molecular flexibility index (Phi) is 5.27. The Morgan fingerprint density at radius 3 is 2.21 bits per heavy atom. The molecule has 6 nitrogen and oxygen atoms in total. The fraction of sp³-hybridized carbons (Fsp3) is 0.300. The molecule has 0 aromatic heterocycles. The average molecular weight is 407 g/mol. The van der Waals surface area contributed by atoms with Crippen LogP contribution in [-0.2, 0) is 0 Å². The molecule has 0 saturated carbocycles. The molecular formula is C20H20F3N3O3. The Hall–Kier alpha value is -3.07. The van der Waals surface area contributed by atoms with Gasteiger partial charge in [0, 0.05) is 25.3 Å². The third-order valence-electron chi connectivity index (χ3n) is 4.69. The van der Waals surface area contributed by atoms with Crippen LogP contribution in [0.5, 0.6) is 5.75 Å². The zero-order valence-electron chi connectivity index (χ0n) is 16.1. The van der Waals surface area contributed by atoms with Crippen LogP contribution in [0.3, 0.4) is 0 Å². The second kappa shape index (κ2) is 7.40. The predicted octanol–water partition coefficient (Wildman–Crippen LogP) is 3.26. The number of nitrogens with zero attached hydrogens (tertiary/aromatic N) is 3. The van der Waals surface area contributed by atoms with Gasteiger partial charge in [-0.2, -0.15) is 23.3 Å². The van der Waals surface area contributed by atoms with Crippen molar-refractivity contribution in [3.05, 3.63) is 59.7 Å². The lowest BCUT2D eigenvalue weighted by molar-refractivity contribution is -0.297. The minimum Gasteiger partial charge on any atom is -0.497 e. The number of halogens is 3. The highest BCUT2D eigenvalue weighted by Gasteiger charge is 2.63. The summed E-state index contributed by atoms with van der Waals surface area (Å²) in [6.07, 6.45) is -5.96. The monoisotopic (exact) mass is 407 g/mol.